The van der Waals surface area contributed by atoms with Gasteiger partial charge in [0.2, 0.25) is 5.89 Å². The van der Waals surface area contributed by atoms with Gasteiger partial charge < -0.3 is 15.1 Å². The van der Waals surface area contributed by atoms with Gasteiger partial charge in [-0.1, -0.05) is 52.0 Å². The van der Waals surface area contributed by atoms with Crippen LogP contribution in [0.3, 0.4) is 0 Å². The van der Waals surface area contributed by atoms with Gasteiger partial charge in [-0.25, -0.2) is 9.98 Å². The molecular formula is C21H32N4O. The predicted molar refractivity (Wildman–Crippen MR) is 108 cm³/mol. The van der Waals surface area contributed by atoms with Gasteiger partial charge in [0.1, 0.15) is 12.3 Å². The third kappa shape index (κ3) is 6.21. The molecule has 5 heteroatoms. The Morgan fingerprint density at radius 3 is 2.35 bits per heavy atom. The molecule has 0 aliphatic rings. The highest BCUT2D eigenvalue weighted by Crippen LogP contribution is 2.22. The van der Waals surface area contributed by atoms with Crippen LogP contribution in [0.1, 0.15) is 57.4 Å². The Morgan fingerprint density at radius 2 is 1.77 bits per heavy atom. The Hall–Kier alpha value is -2.30. The van der Waals surface area contributed by atoms with Crippen LogP contribution in [0.25, 0.3) is 0 Å². The molecule has 0 spiro atoms. The third-order valence-electron chi connectivity index (χ3n) is 4.15. The Balaban J connectivity index is 1.88. The SMILES string of the molecule is CCNC(=NCc1ncc(C(C)(C)C)o1)NCCc1ccc(CC)cc1. The second-order valence-electron chi connectivity index (χ2n) is 7.41. The van der Waals surface area contributed by atoms with E-state index < -0.39 is 0 Å². The van der Waals surface area contributed by atoms with Gasteiger partial charge in [0.25, 0.3) is 0 Å². The number of benzene rings is 1. The number of hydrogen-bond donors (Lipinski definition) is 2. The lowest BCUT2D eigenvalue weighted by Crippen LogP contribution is -2.38. The maximum atomic E-state index is 5.80. The van der Waals surface area contributed by atoms with E-state index in [4.69, 9.17) is 4.42 Å². The minimum absolute atomic E-state index is 0.0367. The number of aliphatic imine (C=N–C) groups is 1. The molecule has 0 atom stereocenters. The van der Waals surface area contributed by atoms with Gasteiger partial charge in [0, 0.05) is 18.5 Å². The molecule has 2 N–H and O–H groups in total. The fourth-order valence-corrected chi connectivity index (χ4v) is 2.49. The highest BCUT2D eigenvalue weighted by atomic mass is 16.4. The van der Waals surface area contributed by atoms with Crippen molar-refractivity contribution in [2.45, 2.75) is 59.4 Å². The van der Waals surface area contributed by atoms with Crippen LogP contribution in [0.15, 0.2) is 39.9 Å². The molecule has 5 nitrogen and oxygen atoms in total. The molecule has 0 amide bonds. The van der Waals surface area contributed by atoms with E-state index in [0.717, 1.165) is 37.7 Å². The Bertz CT molecular complexity index is 696. The summed E-state index contributed by atoms with van der Waals surface area (Å²) in [6, 6.07) is 8.80. The Labute approximate surface area is 157 Å². The van der Waals surface area contributed by atoms with E-state index in [2.05, 4.69) is 79.5 Å². The third-order valence-corrected chi connectivity index (χ3v) is 4.15. The molecule has 1 aromatic heterocycles. The van der Waals surface area contributed by atoms with Gasteiger partial charge in [0.05, 0.1) is 6.20 Å². The fraction of sp³-hybridized carbons (Fsp3) is 0.524. The fourth-order valence-electron chi connectivity index (χ4n) is 2.49. The summed E-state index contributed by atoms with van der Waals surface area (Å²) in [6.45, 7) is 12.6. The van der Waals surface area contributed by atoms with Crippen LogP contribution in [0, 0.1) is 0 Å². The molecule has 0 aliphatic heterocycles. The van der Waals surface area contributed by atoms with Crippen molar-refractivity contribution in [2.75, 3.05) is 13.1 Å². The maximum absolute atomic E-state index is 5.80. The van der Waals surface area contributed by atoms with Gasteiger partial charge in [-0.15, -0.1) is 0 Å². The standard InChI is InChI=1S/C21H32N4O/c1-6-16-8-10-17(11-9-16)12-13-23-20(22-7-2)25-15-19-24-14-18(26-19)21(3,4)5/h8-11,14H,6-7,12-13,15H2,1-5H3,(H2,22,23,25). The van der Waals surface area contributed by atoms with Crippen LogP contribution >= 0.6 is 0 Å². The minimum Gasteiger partial charge on any atom is -0.443 e. The van der Waals surface area contributed by atoms with Crippen LogP contribution in [0.5, 0.6) is 0 Å². The molecule has 0 saturated carbocycles. The van der Waals surface area contributed by atoms with Crippen molar-refractivity contribution in [1.29, 1.82) is 0 Å². The van der Waals surface area contributed by atoms with E-state index >= 15 is 0 Å². The molecule has 142 valence electrons. The van der Waals surface area contributed by atoms with Crippen molar-refractivity contribution in [2.24, 2.45) is 4.99 Å². The van der Waals surface area contributed by atoms with E-state index in [-0.39, 0.29) is 5.41 Å². The molecule has 0 saturated heterocycles. The molecule has 2 rings (SSSR count). The predicted octanol–water partition coefficient (Wildman–Crippen LogP) is 3.83. The van der Waals surface area contributed by atoms with Gasteiger partial charge in [-0.3, -0.25) is 0 Å². The zero-order chi connectivity index (χ0) is 19.0. The van der Waals surface area contributed by atoms with Crippen molar-refractivity contribution in [3.8, 4) is 0 Å². The molecule has 2 aromatic rings. The first-order chi connectivity index (χ1) is 12.4. The minimum atomic E-state index is -0.0367. The van der Waals surface area contributed by atoms with Crippen molar-refractivity contribution in [3.63, 3.8) is 0 Å². The topological polar surface area (TPSA) is 62.5 Å². The first-order valence-electron chi connectivity index (χ1n) is 9.47. The average molecular weight is 357 g/mol. The molecule has 26 heavy (non-hydrogen) atoms. The number of hydrogen-bond acceptors (Lipinski definition) is 3. The van der Waals surface area contributed by atoms with E-state index in [1.807, 2.05) is 0 Å². The molecule has 0 radical (unpaired) electrons. The monoisotopic (exact) mass is 356 g/mol. The number of guanidine groups is 1. The summed E-state index contributed by atoms with van der Waals surface area (Å²) in [5.74, 6) is 2.31. The Kier molecular flexibility index (Phi) is 7.25. The van der Waals surface area contributed by atoms with Crippen molar-refractivity contribution >= 4 is 5.96 Å². The summed E-state index contributed by atoms with van der Waals surface area (Å²) in [7, 11) is 0. The first-order valence-corrected chi connectivity index (χ1v) is 9.47. The number of nitrogens with one attached hydrogen (secondary N) is 2. The number of nitrogens with zero attached hydrogens (tertiary/aromatic N) is 2. The van der Waals surface area contributed by atoms with Crippen molar-refractivity contribution in [3.05, 3.63) is 53.2 Å². The van der Waals surface area contributed by atoms with Crippen LogP contribution < -0.4 is 10.6 Å². The second-order valence-corrected chi connectivity index (χ2v) is 7.41. The van der Waals surface area contributed by atoms with Crippen molar-refractivity contribution < 1.29 is 4.42 Å². The summed E-state index contributed by atoms with van der Waals surface area (Å²) >= 11 is 0. The number of rotatable bonds is 7. The molecule has 1 heterocycles. The van der Waals surface area contributed by atoms with Crippen molar-refractivity contribution in [1.82, 2.24) is 15.6 Å². The molecule has 1 aromatic carbocycles. The maximum Gasteiger partial charge on any atom is 0.216 e. The largest absolute Gasteiger partial charge is 0.443 e. The summed E-state index contributed by atoms with van der Waals surface area (Å²) in [6.07, 6.45) is 3.83. The Morgan fingerprint density at radius 1 is 1.08 bits per heavy atom. The lowest BCUT2D eigenvalue weighted by Gasteiger charge is -2.13. The molecule has 0 unspecified atom stereocenters. The number of aryl methyl sites for hydroxylation is 1. The lowest BCUT2D eigenvalue weighted by molar-refractivity contribution is 0.383. The van der Waals surface area contributed by atoms with Crippen LogP contribution in [0.2, 0.25) is 0 Å². The summed E-state index contributed by atoms with van der Waals surface area (Å²) < 4.78 is 5.80. The lowest BCUT2D eigenvalue weighted by atomic mass is 9.94. The first kappa shape index (κ1) is 20.0. The summed E-state index contributed by atoms with van der Waals surface area (Å²) in [5, 5.41) is 6.64. The van der Waals surface area contributed by atoms with Crippen LogP contribution in [0.4, 0.5) is 0 Å². The van der Waals surface area contributed by atoms with E-state index in [9.17, 15) is 0 Å². The number of aromatic nitrogens is 1. The highest BCUT2D eigenvalue weighted by Gasteiger charge is 2.18. The van der Waals surface area contributed by atoms with E-state index in [0.29, 0.717) is 12.4 Å². The van der Waals surface area contributed by atoms with Crippen LogP contribution in [-0.4, -0.2) is 24.0 Å². The van der Waals surface area contributed by atoms with Gasteiger partial charge >= 0.3 is 0 Å². The molecule has 0 fully saturated rings. The summed E-state index contributed by atoms with van der Waals surface area (Å²) in [5.41, 5.74) is 2.66. The smallest absolute Gasteiger partial charge is 0.216 e. The molecule has 0 bridgehead atoms. The molecular weight excluding hydrogens is 324 g/mol. The van der Waals surface area contributed by atoms with Gasteiger partial charge in [-0.2, -0.15) is 0 Å². The second kappa shape index (κ2) is 9.41. The van der Waals surface area contributed by atoms with Gasteiger partial charge in [0.15, 0.2) is 5.96 Å². The normalized spacial score (nSPS) is 12.3. The highest BCUT2D eigenvalue weighted by molar-refractivity contribution is 5.79. The zero-order valence-electron chi connectivity index (χ0n) is 16.7. The molecule has 0 aliphatic carbocycles. The van der Waals surface area contributed by atoms with Gasteiger partial charge in [-0.05, 0) is 30.9 Å². The van der Waals surface area contributed by atoms with E-state index in [1.165, 1.54) is 11.1 Å². The zero-order valence-corrected chi connectivity index (χ0v) is 16.7. The quantitative estimate of drug-likeness (QED) is 0.584. The van der Waals surface area contributed by atoms with Crippen LogP contribution in [-0.2, 0) is 24.8 Å². The summed E-state index contributed by atoms with van der Waals surface area (Å²) in [4.78, 5) is 8.91. The average Bonchev–Trinajstić information content (AvgIpc) is 3.10. The number of oxazole rings is 1. The van der Waals surface area contributed by atoms with E-state index in [1.54, 1.807) is 6.20 Å².